The van der Waals surface area contributed by atoms with E-state index in [-0.39, 0.29) is 10.8 Å². The topological polar surface area (TPSA) is 6.48 Å². The average molecular weight is 881 g/mol. The predicted molar refractivity (Wildman–Crippen MR) is 288 cm³/mol. The standard InChI is InChI=1S/C66H60N2/c1-47(2)50-25-20-44-66(46-50,51-34-38-55(39-35-51)67(53-26-13-7-14-27-53)54-28-15-8-16-29-54)52-36-40-56(41-37-52)68(63-33-18-17-30-58(63)48-21-9-5-10-22-48)57-42-43-60-62(45-57)65(3,4)61-32-19-31-59(64(60)61)49-23-11-6-12-24-49/h5-19,21-24,26-43,45,47,50H,20,25,44,46H2,1-4H3. The molecule has 2 aliphatic rings. The summed E-state index contributed by atoms with van der Waals surface area (Å²) in [6.07, 6.45) is 4.75. The summed E-state index contributed by atoms with van der Waals surface area (Å²) in [7, 11) is 0. The molecule has 0 bridgehead atoms. The van der Waals surface area contributed by atoms with E-state index in [0.717, 1.165) is 47.0 Å². The van der Waals surface area contributed by atoms with Crippen molar-refractivity contribution in [3.63, 3.8) is 0 Å². The van der Waals surface area contributed by atoms with Crippen LogP contribution in [0, 0.1) is 11.8 Å². The second-order valence-electron chi connectivity index (χ2n) is 20.0. The molecule has 0 N–H and O–H groups in total. The van der Waals surface area contributed by atoms with Crippen LogP contribution >= 0.6 is 0 Å². The zero-order chi connectivity index (χ0) is 46.2. The van der Waals surface area contributed by atoms with Crippen molar-refractivity contribution < 1.29 is 0 Å². The van der Waals surface area contributed by atoms with Gasteiger partial charge < -0.3 is 9.80 Å². The highest BCUT2D eigenvalue weighted by Gasteiger charge is 2.41. The molecule has 0 saturated heterocycles. The normalized spacial score (nSPS) is 17.0. The molecule has 0 aliphatic heterocycles. The van der Waals surface area contributed by atoms with Crippen molar-refractivity contribution in [2.45, 2.75) is 64.2 Å². The largest absolute Gasteiger partial charge is 0.311 e. The molecule has 0 radical (unpaired) electrons. The van der Waals surface area contributed by atoms with E-state index < -0.39 is 0 Å². The Bertz CT molecular complexity index is 3120. The fourth-order valence-electron chi connectivity index (χ4n) is 11.8. The highest BCUT2D eigenvalue weighted by molar-refractivity contribution is 5.95. The van der Waals surface area contributed by atoms with E-state index in [1.807, 2.05) is 0 Å². The first-order valence-corrected chi connectivity index (χ1v) is 24.7. The van der Waals surface area contributed by atoms with Gasteiger partial charge in [-0.15, -0.1) is 0 Å². The molecule has 2 aliphatic carbocycles. The summed E-state index contributed by atoms with van der Waals surface area (Å²) in [5.41, 5.74) is 19.8. The van der Waals surface area contributed by atoms with Gasteiger partial charge in [0.15, 0.2) is 0 Å². The fourth-order valence-corrected chi connectivity index (χ4v) is 11.8. The maximum Gasteiger partial charge on any atom is 0.0540 e. The highest BCUT2D eigenvalue weighted by atomic mass is 15.1. The van der Waals surface area contributed by atoms with E-state index >= 15 is 0 Å². The van der Waals surface area contributed by atoms with Crippen LogP contribution in [0.1, 0.15) is 75.6 Å². The monoisotopic (exact) mass is 880 g/mol. The molecule has 2 nitrogen and oxygen atoms in total. The number of rotatable bonds is 11. The van der Waals surface area contributed by atoms with Crippen LogP contribution in [-0.2, 0) is 10.8 Å². The Morgan fingerprint density at radius 2 is 0.912 bits per heavy atom. The van der Waals surface area contributed by atoms with Gasteiger partial charge in [-0.3, -0.25) is 0 Å². The van der Waals surface area contributed by atoms with Crippen LogP contribution < -0.4 is 9.80 Å². The Morgan fingerprint density at radius 3 is 1.50 bits per heavy atom. The summed E-state index contributed by atoms with van der Waals surface area (Å²) in [6, 6.07) is 85.5. The number of nitrogens with zero attached hydrogens (tertiary/aromatic N) is 2. The highest BCUT2D eigenvalue weighted by Crippen LogP contribution is 2.55. The van der Waals surface area contributed by atoms with Crippen molar-refractivity contribution in [3.05, 3.63) is 253 Å². The third kappa shape index (κ3) is 7.72. The lowest BCUT2D eigenvalue weighted by atomic mass is 9.60. The van der Waals surface area contributed by atoms with E-state index in [9.17, 15) is 0 Å². The van der Waals surface area contributed by atoms with Crippen LogP contribution in [0.15, 0.2) is 231 Å². The van der Waals surface area contributed by atoms with Crippen molar-refractivity contribution in [1.82, 2.24) is 0 Å². The van der Waals surface area contributed by atoms with Crippen molar-refractivity contribution in [3.8, 4) is 33.4 Å². The molecular weight excluding hydrogens is 821 g/mol. The minimum absolute atomic E-state index is 0.110. The van der Waals surface area contributed by atoms with Gasteiger partial charge in [0, 0.05) is 44.8 Å². The molecule has 9 aromatic rings. The molecule has 0 aromatic heterocycles. The molecule has 0 spiro atoms. The van der Waals surface area contributed by atoms with Gasteiger partial charge >= 0.3 is 0 Å². The molecule has 1 fully saturated rings. The Morgan fingerprint density at radius 1 is 0.426 bits per heavy atom. The van der Waals surface area contributed by atoms with Gasteiger partial charge in [0.2, 0.25) is 0 Å². The molecule has 0 amide bonds. The lowest BCUT2D eigenvalue weighted by molar-refractivity contribution is 0.207. The number of hydrogen-bond acceptors (Lipinski definition) is 2. The summed E-state index contributed by atoms with van der Waals surface area (Å²) in [5, 5.41) is 0. The molecule has 9 aromatic carbocycles. The minimum atomic E-state index is -0.185. The number of anilines is 6. The summed E-state index contributed by atoms with van der Waals surface area (Å²) < 4.78 is 0. The molecule has 2 heteroatoms. The zero-order valence-electron chi connectivity index (χ0n) is 39.8. The summed E-state index contributed by atoms with van der Waals surface area (Å²) >= 11 is 0. The molecule has 2 unspecified atom stereocenters. The van der Waals surface area contributed by atoms with E-state index in [1.165, 1.54) is 68.5 Å². The lowest BCUT2D eigenvalue weighted by Crippen LogP contribution is -2.36. The average Bonchev–Trinajstić information content (AvgIpc) is 3.63. The van der Waals surface area contributed by atoms with Crippen molar-refractivity contribution >= 4 is 34.1 Å². The molecule has 2 atom stereocenters. The number of hydrogen-bond donors (Lipinski definition) is 0. The van der Waals surface area contributed by atoms with Gasteiger partial charge in [-0.2, -0.15) is 0 Å². The van der Waals surface area contributed by atoms with E-state index in [2.05, 4.69) is 268 Å². The quantitative estimate of drug-likeness (QED) is 0.128. The zero-order valence-corrected chi connectivity index (χ0v) is 39.8. The van der Waals surface area contributed by atoms with Crippen LogP contribution in [0.4, 0.5) is 34.1 Å². The van der Waals surface area contributed by atoms with Crippen LogP contribution in [0.5, 0.6) is 0 Å². The maximum atomic E-state index is 2.50. The molecule has 334 valence electrons. The van der Waals surface area contributed by atoms with Gasteiger partial charge in [0.25, 0.3) is 0 Å². The Hall–Kier alpha value is -7.42. The number of para-hydroxylation sites is 3. The second-order valence-corrected chi connectivity index (χ2v) is 20.0. The first-order chi connectivity index (χ1) is 33.3. The van der Waals surface area contributed by atoms with Crippen molar-refractivity contribution in [2.75, 3.05) is 9.80 Å². The first kappa shape index (κ1) is 43.2. The van der Waals surface area contributed by atoms with Crippen LogP contribution in [0.25, 0.3) is 33.4 Å². The van der Waals surface area contributed by atoms with Gasteiger partial charge in [0.05, 0.1) is 5.69 Å². The molecule has 11 rings (SSSR count). The van der Waals surface area contributed by atoms with E-state index in [1.54, 1.807) is 0 Å². The summed E-state index contributed by atoms with van der Waals surface area (Å²) in [5.74, 6) is 1.26. The van der Waals surface area contributed by atoms with Crippen molar-refractivity contribution in [2.24, 2.45) is 11.8 Å². The minimum Gasteiger partial charge on any atom is -0.311 e. The smallest absolute Gasteiger partial charge is 0.0540 e. The number of fused-ring (bicyclic) bond motifs is 3. The van der Waals surface area contributed by atoms with E-state index in [4.69, 9.17) is 0 Å². The lowest BCUT2D eigenvalue weighted by Gasteiger charge is -2.44. The number of benzene rings is 9. The third-order valence-corrected chi connectivity index (χ3v) is 15.4. The van der Waals surface area contributed by atoms with Gasteiger partial charge in [-0.1, -0.05) is 204 Å². The Labute approximate surface area is 404 Å². The van der Waals surface area contributed by atoms with Crippen molar-refractivity contribution in [1.29, 1.82) is 0 Å². The molecule has 0 heterocycles. The van der Waals surface area contributed by atoms with Gasteiger partial charge in [0.1, 0.15) is 0 Å². The van der Waals surface area contributed by atoms with E-state index in [0.29, 0.717) is 11.8 Å². The van der Waals surface area contributed by atoms with Gasteiger partial charge in [-0.05, 0) is 141 Å². The fraction of sp³-hybridized carbons (Fsp3) is 0.182. The molecule has 68 heavy (non-hydrogen) atoms. The maximum absolute atomic E-state index is 2.50. The third-order valence-electron chi connectivity index (χ3n) is 15.4. The molecular formula is C66H60N2. The molecule has 1 saturated carbocycles. The summed E-state index contributed by atoms with van der Waals surface area (Å²) in [4.78, 5) is 4.87. The van der Waals surface area contributed by atoms with Gasteiger partial charge in [-0.25, -0.2) is 0 Å². The second kappa shape index (κ2) is 18.0. The Balaban J connectivity index is 1.03. The summed E-state index contributed by atoms with van der Waals surface area (Å²) in [6.45, 7) is 9.64. The Kier molecular flexibility index (Phi) is 11.4. The van der Waals surface area contributed by atoms with Crippen LogP contribution in [0.3, 0.4) is 0 Å². The predicted octanol–water partition coefficient (Wildman–Crippen LogP) is 18.4. The van der Waals surface area contributed by atoms with Crippen LogP contribution in [-0.4, -0.2) is 0 Å². The van der Waals surface area contributed by atoms with Crippen LogP contribution in [0.2, 0.25) is 0 Å². The SMILES string of the molecule is CC(C)C1CCCC(c2ccc(N(c3ccccc3)c3ccccc3)cc2)(c2ccc(N(c3ccc4c(c3)C(C)(C)c3cccc(-c5ccccc5)c3-4)c3ccccc3-c3ccccc3)cc2)C1. The first-order valence-electron chi connectivity index (χ1n) is 24.7.